The molecule has 0 aliphatic carbocycles. The minimum absolute atomic E-state index is 1.43. The van der Waals surface area contributed by atoms with Crippen molar-refractivity contribution in [3.05, 3.63) is 48.5 Å². The Morgan fingerprint density at radius 1 is 0.591 bits per heavy atom. The van der Waals surface area contributed by atoms with Gasteiger partial charge < -0.3 is 0 Å². The summed E-state index contributed by atoms with van der Waals surface area (Å²) < 4.78 is 3.40. The van der Waals surface area contributed by atoms with Crippen molar-refractivity contribution in [3.63, 3.8) is 0 Å². The number of hydrogen-bond donors (Lipinski definition) is 0. The standard InChI is InChI=1S/C20H28As2/c1-21(2)15-9-10-16-22(3,4)20-14-8-6-12-18(20)17-11-5-7-13-19(17)21/h5-8,11-14H,9-10,15-16H2,1-4H3/q+2. The SMILES string of the molecule is C[As+]1(C)CCCC[As+](C)(C)c2ccccc2-c2ccccc21. The summed E-state index contributed by atoms with van der Waals surface area (Å²) >= 11 is -3.45. The Labute approximate surface area is 141 Å². The molecule has 0 fully saturated rings. The third-order valence-electron chi connectivity index (χ3n) is 5.09. The molecular formula is C20H28As2+2. The van der Waals surface area contributed by atoms with Crippen molar-refractivity contribution in [1.29, 1.82) is 0 Å². The summed E-state index contributed by atoms with van der Waals surface area (Å²) in [6.45, 7) is 0. The van der Waals surface area contributed by atoms with E-state index in [4.69, 9.17) is 0 Å². The van der Waals surface area contributed by atoms with Crippen molar-refractivity contribution in [1.82, 2.24) is 0 Å². The van der Waals surface area contributed by atoms with E-state index in [-0.39, 0.29) is 0 Å². The fourth-order valence-corrected chi connectivity index (χ4v) is 14.6. The monoisotopic (exact) mass is 418 g/mol. The van der Waals surface area contributed by atoms with Gasteiger partial charge in [-0.25, -0.2) is 0 Å². The average molecular weight is 418 g/mol. The Kier molecular flexibility index (Phi) is 4.64. The molecule has 0 spiro atoms. The normalized spacial score (nSPS) is 19.8. The summed E-state index contributed by atoms with van der Waals surface area (Å²) in [5, 5.41) is 2.93. The van der Waals surface area contributed by atoms with Crippen LogP contribution in [0.3, 0.4) is 0 Å². The summed E-state index contributed by atoms with van der Waals surface area (Å²) in [5.41, 5.74) is 13.5. The summed E-state index contributed by atoms with van der Waals surface area (Å²) in [4.78, 5) is 0. The van der Waals surface area contributed by atoms with Crippen molar-refractivity contribution >= 4 is 35.8 Å². The van der Waals surface area contributed by atoms with Crippen LogP contribution in [0.5, 0.6) is 0 Å². The molecule has 116 valence electrons. The Hall–Kier alpha value is -0.443. The van der Waals surface area contributed by atoms with Gasteiger partial charge in [-0.3, -0.25) is 0 Å². The number of rotatable bonds is 0. The van der Waals surface area contributed by atoms with Crippen LogP contribution < -0.4 is 8.70 Å². The first-order chi connectivity index (χ1) is 10.4. The van der Waals surface area contributed by atoms with Crippen LogP contribution in [0.4, 0.5) is 0 Å². The van der Waals surface area contributed by atoms with Gasteiger partial charge in [0, 0.05) is 0 Å². The maximum absolute atomic E-state index is 2.59. The van der Waals surface area contributed by atoms with Crippen molar-refractivity contribution in [2.24, 2.45) is 0 Å². The maximum atomic E-state index is 2.59. The van der Waals surface area contributed by atoms with E-state index in [1.165, 1.54) is 23.3 Å². The van der Waals surface area contributed by atoms with E-state index in [1.54, 1.807) is 19.8 Å². The van der Waals surface area contributed by atoms with Crippen molar-refractivity contribution < 1.29 is 0 Å². The molecule has 0 atom stereocenters. The molecule has 0 bridgehead atoms. The molecule has 1 aliphatic rings. The molecule has 3 rings (SSSR count). The van der Waals surface area contributed by atoms with E-state index in [9.17, 15) is 0 Å². The fraction of sp³-hybridized carbons (Fsp3) is 0.400. The van der Waals surface area contributed by atoms with Gasteiger partial charge in [-0.2, -0.15) is 0 Å². The molecule has 0 amide bonds. The number of benzene rings is 2. The second-order valence-corrected chi connectivity index (χ2v) is 25.6. The first-order valence-electron chi connectivity index (χ1n) is 8.27. The zero-order valence-corrected chi connectivity index (χ0v) is 18.1. The Morgan fingerprint density at radius 2 is 0.955 bits per heavy atom. The van der Waals surface area contributed by atoms with Crippen molar-refractivity contribution in [2.75, 3.05) is 0 Å². The molecule has 0 aromatic heterocycles. The second kappa shape index (κ2) is 6.22. The fourth-order valence-electron chi connectivity index (χ4n) is 3.71. The minimum atomic E-state index is -1.73. The van der Waals surface area contributed by atoms with E-state index in [0.717, 1.165) is 0 Å². The molecule has 0 saturated heterocycles. The van der Waals surface area contributed by atoms with Gasteiger partial charge in [0.05, 0.1) is 0 Å². The topological polar surface area (TPSA) is 0 Å². The predicted molar refractivity (Wildman–Crippen MR) is 105 cm³/mol. The Bertz CT molecular complexity index is 611. The van der Waals surface area contributed by atoms with E-state index in [0.29, 0.717) is 0 Å². The Balaban J connectivity index is 2.29. The number of hydrogen-bond acceptors (Lipinski definition) is 0. The van der Waals surface area contributed by atoms with Gasteiger partial charge in [0.1, 0.15) is 0 Å². The first kappa shape index (κ1) is 16.4. The van der Waals surface area contributed by atoms with Crippen LogP contribution in [0.2, 0.25) is 33.3 Å². The molecule has 0 unspecified atom stereocenters. The van der Waals surface area contributed by atoms with E-state index in [1.807, 2.05) is 0 Å². The van der Waals surface area contributed by atoms with Gasteiger partial charge in [0.25, 0.3) is 0 Å². The quantitative estimate of drug-likeness (QED) is 0.530. The first-order valence-corrected chi connectivity index (χ1v) is 20.3. The molecule has 0 radical (unpaired) electrons. The van der Waals surface area contributed by atoms with Crippen LogP contribution in [0.1, 0.15) is 12.8 Å². The Morgan fingerprint density at radius 3 is 1.36 bits per heavy atom. The molecule has 2 aromatic carbocycles. The van der Waals surface area contributed by atoms with E-state index < -0.39 is 27.1 Å². The van der Waals surface area contributed by atoms with Gasteiger partial charge in [-0.15, -0.1) is 0 Å². The van der Waals surface area contributed by atoms with Gasteiger partial charge in [0.15, 0.2) is 0 Å². The number of fused-ring (bicyclic) bond motifs is 3. The third-order valence-corrected chi connectivity index (χ3v) is 18.2. The van der Waals surface area contributed by atoms with E-state index >= 15 is 0 Å². The molecule has 2 heteroatoms. The third kappa shape index (κ3) is 3.11. The summed E-state index contributed by atoms with van der Waals surface area (Å²) in [7, 11) is 0. The molecule has 0 saturated carbocycles. The van der Waals surface area contributed by atoms with Gasteiger partial charge in [-0.05, 0) is 0 Å². The van der Waals surface area contributed by atoms with Gasteiger partial charge in [-0.1, -0.05) is 0 Å². The van der Waals surface area contributed by atoms with Crippen LogP contribution >= 0.6 is 0 Å². The van der Waals surface area contributed by atoms with Crippen LogP contribution in [-0.4, -0.2) is 27.1 Å². The molecule has 0 nitrogen and oxygen atoms in total. The molecule has 1 heterocycles. The summed E-state index contributed by atoms with van der Waals surface area (Å²) in [5.74, 6) is 0. The summed E-state index contributed by atoms with van der Waals surface area (Å²) in [6.07, 6.45) is 2.86. The molecule has 2 aromatic rings. The van der Waals surface area contributed by atoms with Gasteiger partial charge >= 0.3 is 142 Å². The van der Waals surface area contributed by atoms with Gasteiger partial charge in [0.2, 0.25) is 0 Å². The summed E-state index contributed by atoms with van der Waals surface area (Å²) in [6, 6.07) is 18.6. The predicted octanol–water partition coefficient (Wildman–Crippen LogP) is 4.98. The van der Waals surface area contributed by atoms with Crippen LogP contribution in [0.15, 0.2) is 48.5 Å². The van der Waals surface area contributed by atoms with E-state index in [2.05, 4.69) is 71.4 Å². The van der Waals surface area contributed by atoms with Crippen molar-refractivity contribution in [3.8, 4) is 11.1 Å². The second-order valence-electron chi connectivity index (χ2n) is 7.56. The van der Waals surface area contributed by atoms with Crippen LogP contribution in [0.25, 0.3) is 11.1 Å². The molecule has 0 N–H and O–H groups in total. The molecular weight excluding hydrogens is 390 g/mol. The van der Waals surface area contributed by atoms with Crippen LogP contribution in [0, 0.1) is 0 Å². The van der Waals surface area contributed by atoms with Crippen LogP contribution in [-0.2, 0) is 0 Å². The zero-order chi connectivity index (χ0) is 15.8. The molecule has 22 heavy (non-hydrogen) atoms. The average Bonchev–Trinajstić information content (AvgIpc) is 2.51. The molecule has 1 aliphatic heterocycles. The van der Waals surface area contributed by atoms with Crippen molar-refractivity contribution in [2.45, 2.75) is 46.1 Å². The zero-order valence-electron chi connectivity index (χ0n) is 14.3.